The molecule has 1 heterocycles. The fourth-order valence-electron chi connectivity index (χ4n) is 3.29. The fourth-order valence-corrected chi connectivity index (χ4v) is 3.95. The van der Waals surface area contributed by atoms with Crippen molar-refractivity contribution < 1.29 is 14.7 Å². The SMILES string of the molecule is O=C(O)[C@H]1CCCC[C@H]1C(=O)N(Cc1ccsc1)C1CC1. The minimum Gasteiger partial charge on any atom is -0.481 e. The van der Waals surface area contributed by atoms with E-state index in [1.165, 1.54) is 0 Å². The molecule has 0 bridgehead atoms. The van der Waals surface area contributed by atoms with Crippen molar-refractivity contribution in [2.24, 2.45) is 11.8 Å². The summed E-state index contributed by atoms with van der Waals surface area (Å²) in [6.07, 6.45) is 5.37. The molecule has 1 N–H and O–H groups in total. The van der Waals surface area contributed by atoms with Crippen molar-refractivity contribution in [2.45, 2.75) is 51.1 Å². The largest absolute Gasteiger partial charge is 0.481 e. The Hall–Kier alpha value is -1.36. The van der Waals surface area contributed by atoms with Crippen LogP contribution in [0.2, 0.25) is 0 Å². The summed E-state index contributed by atoms with van der Waals surface area (Å²) >= 11 is 1.63. The number of carbonyl (C=O) groups is 2. The molecule has 0 spiro atoms. The molecular weight excluding hydrogens is 286 g/mol. The van der Waals surface area contributed by atoms with Crippen LogP contribution in [0.25, 0.3) is 0 Å². The van der Waals surface area contributed by atoms with E-state index in [1.807, 2.05) is 16.3 Å². The van der Waals surface area contributed by atoms with Crippen LogP contribution < -0.4 is 0 Å². The average molecular weight is 307 g/mol. The van der Waals surface area contributed by atoms with Gasteiger partial charge in [-0.2, -0.15) is 11.3 Å². The molecule has 21 heavy (non-hydrogen) atoms. The minimum atomic E-state index is -0.806. The molecule has 1 amide bonds. The van der Waals surface area contributed by atoms with E-state index in [0.29, 0.717) is 19.0 Å². The van der Waals surface area contributed by atoms with E-state index < -0.39 is 11.9 Å². The standard InChI is InChI=1S/C16H21NO3S/c18-15(13-3-1-2-4-14(13)16(19)20)17(12-5-6-12)9-11-7-8-21-10-11/h7-8,10,12-14H,1-6,9H2,(H,19,20)/t13-,14+/m1/s1. The van der Waals surface area contributed by atoms with E-state index in [9.17, 15) is 14.7 Å². The molecule has 2 atom stereocenters. The Balaban J connectivity index is 1.75. The number of aliphatic carboxylic acids is 1. The van der Waals surface area contributed by atoms with Gasteiger partial charge in [0.1, 0.15) is 0 Å². The molecule has 0 aliphatic heterocycles. The van der Waals surface area contributed by atoms with Gasteiger partial charge in [-0.05, 0) is 48.1 Å². The number of hydrogen-bond acceptors (Lipinski definition) is 3. The van der Waals surface area contributed by atoms with Crippen LogP contribution in [0, 0.1) is 11.8 Å². The van der Waals surface area contributed by atoms with Gasteiger partial charge in [-0.1, -0.05) is 12.8 Å². The molecule has 4 nitrogen and oxygen atoms in total. The molecule has 1 aromatic rings. The monoisotopic (exact) mass is 307 g/mol. The summed E-state index contributed by atoms with van der Waals surface area (Å²) in [6.45, 7) is 0.635. The first kappa shape index (κ1) is 14.6. The lowest BCUT2D eigenvalue weighted by Gasteiger charge is -2.33. The summed E-state index contributed by atoms with van der Waals surface area (Å²) in [7, 11) is 0. The fraction of sp³-hybridized carbons (Fsp3) is 0.625. The van der Waals surface area contributed by atoms with Gasteiger partial charge in [-0.15, -0.1) is 0 Å². The van der Waals surface area contributed by atoms with Crippen molar-refractivity contribution in [3.8, 4) is 0 Å². The number of carboxylic acids is 1. The highest BCUT2D eigenvalue weighted by atomic mass is 32.1. The number of amides is 1. The van der Waals surface area contributed by atoms with Crippen LogP contribution in [0.1, 0.15) is 44.1 Å². The third-order valence-corrected chi connectivity index (χ3v) is 5.34. The Morgan fingerprint density at radius 1 is 1.19 bits per heavy atom. The van der Waals surface area contributed by atoms with Crippen LogP contribution in [0.5, 0.6) is 0 Å². The van der Waals surface area contributed by atoms with Crippen molar-refractivity contribution >= 4 is 23.2 Å². The van der Waals surface area contributed by atoms with Crippen LogP contribution in [0.4, 0.5) is 0 Å². The second-order valence-electron chi connectivity index (χ2n) is 6.16. The number of thiophene rings is 1. The average Bonchev–Trinajstić information content (AvgIpc) is 3.20. The molecule has 114 valence electrons. The second-order valence-corrected chi connectivity index (χ2v) is 6.94. The molecule has 2 saturated carbocycles. The van der Waals surface area contributed by atoms with E-state index in [2.05, 4.69) is 5.38 Å². The van der Waals surface area contributed by atoms with E-state index >= 15 is 0 Å². The highest BCUT2D eigenvalue weighted by Crippen LogP contribution is 2.36. The van der Waals surface area contributed by atoms with Gasteiger partial charge in [0.15, 0.2) is 0 Å². The molecular formula is C16H21NO3S. The molecule has 0 saturated heterocycles. The summed E-state index contributed by atoms with van der Waals surface area (Å²) in [5, 5.41) is 13.5. The number of rotatable bonds is 5. The Morgan fingerprint density at radius 2 is 1.90 bits per heavy atom. The Labute approximate surface area is 128 Å². The van der Waals surface area contributed by atoms with Crippen LogP contribution >= 0.6 is 11.3 Å². The maximum Gasteiger partial charge on any atom is 0.307 e. The van der Waals surface area contributed by atoms with Crippen molar-refractivity contribution in [3.05, 3.63) is 22.4 Å². The highest BCUT2D eigenvalue weighted by molar-refractivity contribution is 7.07. The van der Waals surface area contributed by atoms with Gasteiger partial charge in [0.05, 0.1) is 11.8 Å². The molecule has 3 rings (SSSR count). The number of nitrogens with zero attached hydrogens (tertiary/aromatic N) is 1. The maximum atomic E-state index is 12.9. The first-order valence-corrected chi connectivity index (χ1v) is 8.65. The summed E-state index contributed by atoms with van der Waals surface area (Å²) in [5.74, 6) is -1.56. The number of carbonyl (C=O) groups excluding carboxylic acids is 1. The van der Waals surface area contributed by atoms with Crippen LogP contribution in [0.3, 0.4) is 0 Å². The van der Waals surface area contributed by atoms with Crippen molar-refractivity contribution in [3.63, 3.8) is 0 Å². The van der Waals surface area contributed by atoms with Gasteiger partial charge in [-0.3, -0.25) is 9.59 Å². The van der Waals surface area contributed by atoms with E-state index in [-0.39, 0.29) is 11.8 Å². The Kier molecular flexibility index (Phi) is 4.29. The quantitative estimate of drug-likeness (QED) is 0.909. The third-order valence-electron chi connectivity index (χ3n) is 4.60. The van der Waals surface area contributed by atoms with Gasteiger partial charge in [-0.25, -0.2) is 0 Å². The van der Waals surface area contributed by atoms with Crippen LogP contribution in [-0.2, 0) is 16.1 Å². The van der Waals surface area contributed by atoms with E-state index in [1.54, 1.807) is 11.3 Å². The Bertz CT molecular complexity index is 510. The number of carboxylic acid groups (broad SMARTS) is 1. The summed E-state index contributed by atoms with van der Waals surface area (Å²) in [5.41, 5.74) is 1.16. The van der Waals surface area contributed by atoms with Crippen molar-refractivity contribution in [1.82, 2.24) is 4.90 Å². The van der Waals surface area contributed by atoms with E-state index in [4.69, 9.17) is 0 Å². The summed E-state index contributed by atoms with van der Waals surface area (Å²) in [6, 6.07) is 2.37. The molecule has 5 heteroatoms. The smallest absolute Gasteiger partial charge is 0.307 e. The minimum absolute atomic E-state index is 0.0656. The lowest BCUT2D eigenvalue weighted by atomic mass is 9.78. The summed E-state index contributed by atoms with van der Waals surface area (Å²) in [4.78, 5) is 26.3. The Morgan fingerprint density at radius 3 is 2.48 bits per heavy atom. The van der Waals surface area contributed by atoms with Gasteiger partial charge in [0.25, 0.3) is 0 Å². The number of hydrogen-bond donors (Lipinski definition) is 1. The molecule has 2 aliphatic carbocycles. The first-order chi connectivity index (χ1) is 10.2. The lowest BCUT2D eigenvalue weighted by molar-refractivity contribution is -0.152. The highest BCUT2D eigenvalue weighted by Gasteiger charge is 2.41. The van der Waals surface area contributed by atoms with E-state index in [0.717, 1.165) is 37.7 Å². The normalized spacial score (nSPS) is 25.5. The zero-order valence-corrected chi connectivity index (χ0v) is 12.8. The third kappa shape index (κ3) is 3.28. The molecule has 0 aromatic carbocycles. The first-order valence-electron chi connectivity index (χ1n) is 7.71. The maximum absolute atomic E-state index is 12.9. The topological polar surface area (TPSA) is 57.6 Å². The van der Waals surface area contributed by atoms with Crippen LogP contribution in [0.15, 0.2) is 16.8 Å². The van der Waals surface area contributed by atoms with Gasteiger partial charge in [0.2, 0.25) is 5.91 Å². The van der Waals surface area contributed by atoms with Gasteiger partial charge >= 0.3 is 5.97 Å². The predicted octanol–water partition coefficient (Wildman–Crippen LogP) is 3.13. The second kappa shape index (κ2) is 6.18. The van der Waals surface area contributed by atoms with Crippen molar-refractivity contribution in [1.29, 1.82) is 0 Å². The molecule has 0 unspecified atom stereocenters. The molecule has 1 aromatic heterocycles. The zero-order valence-electron chi connectivity index (χ0n) is 12.0. The predicted molar refractivity (Wildman–Crippen MR) is 81.0 cm³/mol. The summed E-state index contributed by atoms with van der Waals surface area (Å²) < 4.78 is 0. The molecule has 0 radical (unpaired) electrons. The van der Waals surface area contributed by atoms with Gasteiger partial charge in [0, 0.05) is 12.6 Å². The molecule has 2 aliphatic rings. The molecule has 2 fully saturated rings. The van der Waals surface area contributed by atoms with Gasteiger partial charge < -0.3 is 10.0 Å². The van der Waals surface area contributed by atoms with Crippen molar-refractivity contribution in [2.75, 3.05) is 0 Å². The van der Waals surface area contributed by atoms with Crippen LogP contribution in [-0.4, -0.2) is 27.9 Å². The lowest BCUT2D eigenvalue weighted by Crippen LogP contribution is -2.43. The zero-order chi connectivity index (χ0) is 14.8.